The van der Waals surface area contributed by atoms with E-state index in [0.29, 0.717) is 0 Å². The van der Waals surface area contributed by atoms with Crippen molar-refractivity contribution in [1.29, 1.82) is 0 Å². The van der Waals surface area contributed by atoms with Crippen molar-refractivity contribution in [2.24, 2.45) is 0 Å². The molecule has 0 saturated heterocycles. The average molecular weight is 468 g/mol. The monoisotopic (exact) mass is 467 g/mol. The van der Waals surface area contributed by atoms with Gasteiger partial charge < -0.3 is 10.2 Å². The molecule has 0 spiro atoms. The number of likely N-dealkylation sites (N-methyl/N-ethyl adjacent to an activating group) is 2. The molecule has 0 aromatic heterocycles. The first-order chi connectivity index (χ1) is 15.6. The standard InChI is InChI=1S/C25H29N3O4S/c1-18-8-7-9-20(14-18)16-28(19(2)25(30)26-3)24(29)17-27(4)33(31,32)23-13-12-21-10-5-6-11-22(21)15-23/h5-15,19H,16-17H2,1-4H3,(H,26,30). The number of carbonyl (C=O) groups excluding carboxylic acids is 2. The Kier molecular flexibility index (Phi) is 7.50. The molecule has 8 heteroatoms. The van der Waals surface area contributed by atoms with Crippen molar-refractivity contribution in [2.75, 3.05) is 20.6 Å². The summed E-state index contributed by atoms with van der Waals surface area (Å²) in [5, 5.41) is 4.29. The number of benzene rings is 3. The van der Waals surface area contributed by atoms with Crippen molar-refractivity contribution in [3.8, 4) is 0 Å². The fraction of sp³-hybridized carbons (Fsp3) is 0.280. The molecule has 0 aliphatic heterocycles. The molecule has 7 nitrogen and oxygen atoms in total. The molecular weight excluding hydrogens is 438 g/mol. The normalized spacial score (nSPS) is 12.5. The van der Waals surface area contributed by atoms with Gasteiger partial charge in [0.1, 0.15) is 6.04 Å². The fourth-order valence-corrected chi connectivity index (χ4v) is 4.83. The van der Waals surface area contributed by atoms with Crippen molar-refractivity contribution in [2.45, 2.75) is 31.3 Å². The smallest absolute Gasteiger partial charge is 0.243 e. The van der Waals surface area contributed by atoms with E-state index in [1.807, 2.05) is 55.5 Å². The SMILES string of the molecule is CNC(=O)C(C)N(Cc1cccc(C)c1)C(=O)CN(C)S(=O)(=O)c1ccc2ccccc2c1. The van der Waals surface area contributed by atoms with Crippen LogP contribution in [0.5, 0.6) is 0 Å². The minimum atomic E-state index is -3.90. The van der Waals surface area contributed by atoms with E-state index in [1.54, 1.807) is 19.1 Å². The van der Waals surface area contributed by atoms with Gasteiger partial charge in [0.2, 0.25) is 21.8 Å². The Bertz CT molecular complexity index is 1270. The van der Waals surface area contributed by atoms with E-state index < -0.39 is 22.0 Å². The lowest BCUT2D eigenvalue weighted by atomic mass is 10.1. The first-order valence-electron chi connectivity index (χ1n) is 10.6. The van der Waals surface area contributed by atoms with Crippen LogP contribution in [0, 0.1) is 6.92 Å². The van der Waals surface area contributed by atoms with Crippen molar-refractivity contribution >= 4 is 32.6 Å². The summed E-state index contributed by atoms with van der Waals surface area (Å²) in [4.78, 5) is 27.1. The lowest BCUT2D eigenvalue weighted by molar-refractivity contribution is -0.140. The third kappa shape index (κ3) is 5.58. The number of aryl methyl sites for hydroxylation is 1. The lowest BCUT2D eigenvalue weighted by Crippen LogP contribution is -2.50. The molecule has 1 N–H and O–H groups in total. The zero-order chi connectivity index (χ0) is 24.2. The maximum absolute atomic E-state index is 13.2. The number of nitrogens with one attached hydrogen (secondary N) is 1. The first-order valence-corrected chi connectivity index (χ1v) is 12.1. The summed E-state index contributed by atoms with van der Waals surface area (Å²) >= 11 is 0. The van der Waals surface area contributed by atoms with Crippen molar-refractivity contribution in [3.05, 3.63) is 77.9 Å². The summed E-state index contributed by atoms with van der Waals surface area (Å²) in [5.41, 5.74) is 1.89. The number of hydrogen-bond acceptors (Lipinski definition) is 4. The Hall–Kier alpha value is -3.23. The Balaban J connectivity index is 1.85. The van der Waals surface area contributed by atoms with Gasteiger partial charge in [-0.25, -0.2) is 8.42 Å². The molecule has 0 aliphatic carbocycles. The van der Waals surface area contributed by atoms with Gasteiger partial charge in [0.15, 0.2) is 0 Å². The van der Waals surface area contributed by atoms with E-state index in [2.05, 4.69) is 5.32 Å². The number of rotatable bonds is 8. The molecule has 0 radical (unpaired) electrons. The molecule has 1 unspecified atom stereocenters. The van der Waals surface area contributed by atoms with Crippen LogP contribution in [0.4, 0.5) is 0 Å². The van der Waals surface area contributed by atoms with Crippen LogP contribution < -0.4 is 5.32 Å². The van der Waals surface area contributed by atoms with E-state index in [-0.39, 0.29) is 23.9 Å². The molecule has 33 heavy (non-hydrogen) atoms. The maximum Gasteiger partial charge on any atom is 0.243 e. The van der Waals surface area contributed by atoms with E-state index >= 15 is 0 Å². The second-order valence-corrected chi connectivity index (χ2v) is 10.1. The number of sulfonamides is 1. The van der Waals surface area contributed by atoms with Gasteiger partial charge in [0.05, 0.1) is 11.4 Å². The molecule has 0 bridgehead atoms. The van der Waals surface area contributed by atoms with Gasteiger partial charge >= 0.3 is 0 Å². The van der Waals surface area contributed by atoms with Crippen LogP contribution in [0.15, 0.2) is 71.6 Å². The quantitative estimate of drug-likeness (QED) is 0.552. The van der Waals surface area contributed by atoms with Crippen molar-refractivity contribution in [1.82, 2.24) is 14.5 Å². The summed E-state index contributed by atoms with van der Waals surface area (Å²) < 4.78 is 27.4. The highest BCUT2D eigenvalue weighted by atomic mass is 32.2. The highest BCUT2D eigenvalue weighted by Crippen LogP contribution is 2.22. The van der Waals surface area contributed by atoms with Crippen LogP contribution in [0.3, 0.4) is 0 Å². The minimum absolute atomic E-state index is 0.112. The van der Waals surface area contributed by atoms with E-state index in [4.69, 9.17) is 0 Å². The maximum atomic E-state index is 13.2. The van der Waals surface area contributed by atoms with Crippen LogP contribution >= 0.6 is 0 Å². The Morgan fingerprint density at radius 2 is 1.67 bits per heavy atom. The van der Waals surface area contributed by atoms with E-state index in [0.717, 1.165) is 26.2 Å². The van der Waals surface area contributed by atoms with Gasteiger partial charge in [-0.05, 0) is 42.3 Å². The predicted molar refractivity (Wildman–Crippen MR) is 129 cm³/mol. The van der Waals surface area contributed by atoms with Gasteiger partial charge in [0.25, 0.3) is 0 Å². The van der Waals surface area contributed by atoms with Crippen LogP contribution in [0.25, 0.3) is 10.8 Å². The number of fused-ring (bicyclic) bond motifs is 1. The average Bonchev–Trinajstić information content (AvgIpc) is 2.81. The molecule has 0 aliphatic rings. The number of amides is 2. The largest absolute Gasteiger partial charge is 0.357 e. The predicted octanol–water partition coefficient (Wildman–Crippen LogP) is 2.93. The van der Waals surface area contributed by atoms with Gasteiger partial charge in [-0.2, -0.15) is 4.31 Å². The molecule has 0 heterocycles. The van der Waals surface area contributed by atoms with E-state index in [1.165, 1.54) is 25.1 Å². The van der Waals surface area contributed by atoms with E-state index in [9.17, 15) is 18.0 Å². The summed E-state index contributed by atoms with van der Waals surface area (Å²) in [7, 11) is -1.03. The van der Waals surface area contributed by atoms with Gasteiger partial charge in [-0.1, -0.05) is 60.2 Å². The molecule has 174 valence electrons. The second kappa shape index (κ2) is 10.1. The topological polar surface area (TPSA) is 86.8 Å². The second-order valence-electron chi connectivity index (χ2n) is 8.07. The van der Waals surface area contributed by atoms with Crippen LogP contribution in [-0.4, -0.2) is 56.1 Å². The molecule has 2 amide bonds. The van der Waals surface area contributed by atoms with Crippen molar-refractivity contribution in [3.63, 3.8) is 0 Å². The third-order valence-electron chi connectivity index (χ3n) is 5.64. The molecular formula is C25H29N3O4S. The summed E-state index contributed by atoms with van der Waals surface area (Å²) in [5.74, 6) is -0.782. The first kappa shape index (κ1) is 24.4. The molecule has 3 aromatic rings. The summed E-state index contributed by atoms with van der Waals surface area (Å²) in [6, 6.07) is 19.2. The Morgan fingerprint density at radius 1 is 0.970 bits per heavy atom. The number of nitrogens with zero attached hydrogens (tertiary/aromatic N) is 2. The lowest BCUT2D eigenvalue weighted by Gasteiger charge is -2.30. The Labute approximate surface area is 195 Å². The molecule has 1 atom stereocenters. The summed E-state index contributed by atoms with van der Waals surface area (Å²) in [6.07, 6.45) is 0. The van der Waals surface area contributed by atoms with Gasteiger partial charge in [-0.3, -0.25) is 9.59 Å². The minimum Gasteiger partial charge on any atom is -0.357 e. The van der Waals surface area contributed by atoms with Gasteiger partial charge in [-0.15, -0.1) is 0 Å². The van der Waals surface area contributed by atoms with Gasteiger partial charge in [0, 0.05) is 20.6 Å². The van der Waals surface area contributed by atoms with Crippen LogP contribution in [0.1, 0.15) is 18.1 Å². The molecule has 3 rings (SSSR count). The third-order valence-corrected chi connectivity index (χ3v) is 7.44. The number of hydrogen-bond donors (Lipinski definition) is 1. The zero-order valence-electron chi connectivity index (χ0n) is 19.3. The number of carbonyl (C=O) groups is 2. The molecule has 0 saturated carbocycles. The summed E-state index contributed by atoms with van der Waals surface area (Å²) in [6.45, 7) is 3.38. The molecule has 0 fully saturated rings. The van der Waals surface area contributed by atoms with Crippen LogP contribution in [0.2, 0.25) is 0 Å². The fourth-order valence-electron chi connectivity index (χ4n) is 3.67. The van der Waals surface area contributed by atoms with Crippen molar-refractivity contribution < 1.29 is 18.0 Å². The molecule has 3 aromatic carbocycles. The Morgan fingerprint density at radius 3 is 2.33 bits per heavy atom. The highest BCUT2D eigenvalue weighted by molar-refractivity contribution is 7.89. The van der Waals surface area contributed by atoms with Crippen LogP contribution in [-0.2, 0) is 26.2 Å². The zero-order valence-corrected chi connectivity index (χ0v) is 20.1. The highest BCUT2D eigenvalue weighted by Gasteiger charge is 2.30.